The summed E-state index contributed by atoms with van der Waals surface area (Å²) < 4.78 is 10.8. The quantitative estimate of drug-likeness (QED) is 0.780. The Hall–Kier alpha value is -1.97. The second kappa shape index (κ2) is 7.53. The summed E-state index contributed by atoms with van der Waals surface area (Å²) in [6.45, 7) is 4.28. The Morgan fingerprint density at radius 2 is 2.00 bits per heavy atom. The lowest BCUT2D eigenvalue weighted by Gasteiger charge is -2.25. The molecule has 124 valence electrons. The standard InChI is InChI=1S/C19H25NO3/c1-2-15(7-9-19(21)20-10-4-3-5-11-20)12-16-6-8-17-18(13-16)23-14-22-17/h6-9,13,15H,2-5,10-12,14H2,1H3. The number of nitrogens with zero attached hydrogens (tertiary/aromatic N) is 1. The molecule has 0 aromatic heterocycles. The summed E-state index contributed by atoms with van der Waals surface area (Å²) in [6.07, 6.45) is 9.28. The normalized spacial score (nSPS) is 18.4. The van der Waals surface area contributed by atoms with Crippen molar-refractivity contribution in [2.45, 2.75) is 39.0 Å². The minimum Gasteiger partial charge on any atom is -0.454 e. The fourth-order valence-electron chi connectivity index (χ4n) is 3.16. The molecule has 1 unspecified atom stereocenters. The zero-order chi connectivity index (χ0) is 16.1. The zero-order valence-corrected chi connectivity index (χ0v) is 13.8. The maximum absolute atomic E-state index is 12.2. The van der Waals surface area contributed by atoms with Crippen molar-refractivity contribution in [3.05, 3.63) is 35.9 Å². The van der Waals surface area contributed by atoms with Crippen molar-refractivity contribution < 1.29 is 14.3 Å². The monoisotopic (exact) mass is 315 g/mol. The van der Waals surface area contributed by atoms with Crippen molar-refractivity contribution in [3.8, 4) is 11.5 Å². The zero-order valence-electron chi connectivity index (χ0n) is 13.8. The van der Waals surface area contributed by atoms with E-state index in [0.29, 0.717) is 12.7 Å². The van der Waals surface area contributed by atoms with Crippen molar-refractivity contribution in [1.82, 2.24) is 4.90 Å². The Morgan fingerprint density at radius 1 is 1.22 bits per heavy atom. The Kier molecular flexibility index (Phi) is 5.21. The lowest BCUT2D eigenvalue weighted by atomic mass is 9.96. The highest BCUT2D eigenvalue weighted by atomic mass is 16.7. The lowest BCUT2D eigenvalue weighted by molar-refractivity contribution is -0.126. The minimum atomic E-state index is 0.161. The summed E-state index contributed by atoms with van der Waals surface area (Å²) in [5.41, 5.74) is 1.22. The van der Waals surface area contributed by atoms with Gasteiger partial charge in [-0.25, -0.2) is 0 Å². The fourth-order valence-corrected chi connectivity index (χ4v) is 3.16. The molecule has 1 amide bonds. The number of hydrogen-bond donors (Lipinski definition) is 0. The highest BCUT2D eigenvalue weighted by Crippen LogP contribution is 2.33. The van der Waals surface area contributed by atoms with Gasteiger partial charge in [-0.3, -0.25) is 4.79 Å². The molecule has 2 aliphatic heterocycles. The Bertz CT molecular complexity index is 576. The first kappa shape index (κ1) is 15.9. The molecule has 1 aromatic carbocycles. The minimum absolute atomic E-state index is 0.161. The first-order valence-electron chi connectivity index (χ1n) is 8.62. The maximum atomic E-state index is 12.2. The molecule has 1 fully saturated rings. The SMILES string of the molecule is CCC(C=CC(=O)N1CCCCC1)Cc1ccc2c(c1)OCO2. The predicted octanol–water partition coefficient (Wildman–Crippen LogP) is 3.55. The van der Waals surface area contributed by atoms with Crippen LogP contribution in [-0.2, 0) is 11.2 Å². The summed E-state index contributed by atoms with van der Waals surface area (Å²) in [5.74, 6) is 2.17. The van der Waals surface area contributed by atoms with Crippen molar-refractivity contribution in [1.29, 1.82) is 0 Å². The number of rotatable bonds is 5. The van der Waals surface area contributed by atoms with E-state index in [9.17, 15) is 4.79 Å². The molecule has 2 heterocycles. The Labute approximate surface area is 138 Å². The first-order valence-corrected chi connectivity index (χ1v) is 8.62. The summed E-state index contributed by atoms with van der Waals surface area (Å²) in [6, 6.07) is 6.09. The summed E-state index contributed by atoms with van der Waals surface area (Å²) in [7, 11) is 0. The number of ether oxygens (including phenoxy) is 2. The van der Waals surface area contributed by atoms with Crippen molar-refractivity contribution in [3.63, 3.8) is 0 Å². The molecule has 1 atom stereocenters. The predicted molar refractivity (Wildman–Crippen MR) is 89.6 cm³/mol. The van der Waals surface area contributed by atoms with Crippen LogP contribution in [0.1, 0.15) is 38.2 Å². The number of benzene rings is 1. The van der Waals surface area contributed by atoms with Crippen LogP contribution >= 0.6 is 0 Å². The van der Waals surface area contributed by atoms with Crippen LogP contribution in [0.15, 0.2) is 30.4 Å². The van der Waals surface area contributed by atoms with Gasteiger partial charge in [0.05, 0.1) is 0 Å². The van der Waals surface area contributed by atoms with Crippen LogP contribution in [0.25, 0.3) is 0 Å². The largest absolute Gasteiger partial charge is 0.454 e. The lowest BCUT2D eigenvalue weighted by Crippen LogP contribution is -2.34. The number of fused-ring (bicyclic) bond motifs is 1. The molecule has 4 nitrogen and oxygen atoms in total. The van der Waals surface area contributed by atoms with Gasteiger partial charge in [0.25, 0.3) is 0 Å². The van der Waals surface area contributed by atoms with E-state index in [2.05, 4.69) is 19.1 Å². The summed E-state index contributed by atoms with van der Waals surface area (Å²) >= 11 is 0. The molecule has 0 bridgehead atoms. The topological polar surface area (TPSA) is 38.8 Å². The Balaban J connectivity index is 1.58. The van der Waals surface area contributed by atoms with Crippen LogP contribution in [0.3, 0.4) is 0 Å². The summed E-state index contributed by atoms with van der Waals surface area (Å²) in [4.78, 5) is 14.2. The number of hydrogen-bond acceptors (Lipinski definition) is 3. The molecule has 1 saturated heterocycles. The van der Waals surface area contributed by atoms with Crippen molar-refractivity contribution in [2.75, 3.05) is 19.9 Å². The third-order valence-corrected chi connectivity index (χ3v) is 4.64. The molecule has 0 aliphatic carbocycles. The average Bonchev–Trinajstić information content (AvgIpc) is 3.06. The van der Waals surface area contributed by atoms with E-state index in [1.807, 2.05) is 17.0 Å². The molecule has 0 spiro atoms. The highest BCUT2D eigenvalue weighted by Gasteiger charge is 2.16. The van der Waals surface area contributed by atoms with E-state index in [0.717, 1.165) is 50.3 Å². The van der Waals surface area contributed by atoms with Gasteiger partial charge in [0, 0.05) is 13.1 Å². The molecule has 4 heteroatoms. The molecular weight excluding hydrogens is 290 g/mol. The molecule has 23 heavy (non-hydrogen) atoms. The number of amides is 1. The third kappa shape index (κ3) is 4.06. The molecule has 2 aliphatic rings. The van der Waals surface area contributed by atoms with E-state index in [4.69, 9.17) is 9.47 Å². The van der Waals surface area contributed by atoms with Crippen LogP contribution in [-0.4, -0.2) is 30.7 Å². The number of likely N-dealkylation sites (tertiary alicyclic amines) is 1. The van der Waals surface area contributed by atoms with Gasteiger partial charge in [-0.1, -0.05) is 19.1 Å². The van der Waals surface area contributed by atoms with Crippen LogP contribution in [0.2, 0.25) is 0 Å². The van der Waals surface area contributed by atoms with Gasteiger partial charge >= 0.3 is 0 Å². The van der Waals surface area contributed by atoms with E-state index in [1.54, 1.807) is 6.08 Å². The van der Waals surface area contributed by atoms with Gasteiger partial charge in [-0.05, 0) is 61.8 Å². The van der Waals surface area contributed by atoms with Gasteiger partial charge < -0.3 is 14.4 Å². The van der Waals surface area contributed by atoms with E-state index in [1.165, 1.54) is 12.0 Å². The van der Waals surface area contributed by atoms with Crippen molar-refractivity contribution in [2.24, 2.45) is 5.92 Å². The van der Waals surface area contributed by atoms with Gasteiger partial charge in [-0.15, -0.1) is 0 Å². The molecule has 0 saturated carbocycles. The van der Waals surface area contributed by atoms with E-state index < -0.39 is 0 Å². The molecule has 1 aromatic rings. The van der Waals surface area contributed by atoms with Crippen LogP contribution in [0, 0.1) is 5.92 Å². The van der Waals surface area contributed by atoms with E-state index >= 15 is 0 Å². The number of carbonyl (C=O) groups excluding carboxylic acids is 1. The highest BCUT2D eigenvalue weighted by molar-refractivity contribution is 5.87. The van der Waals surface area contributed by atoms with Crippen molar-refractivity contribution >= 4 is 5.91 Å². The third-order valence-electron chi connectivity index (χ3n) is 4.64. The number of allylic oxidation sites excluding steroid dienone is 1. The van der Waals surface area contributed by atoms with Crippen LogP contribution in [0.5, 0.6) is 11.5 Å². The van der Waals surface area contributed by atoms with Crippen LogP contribution in [0.4, 0.5) is 0 Å². The first-order chi connectivity index (χ1) is 11.3. The number of carbonyl (C=O) groups is 1. The van der Waals surface area contributed by atoms with E-state index in [-0.39, 0.29) is 5.91 Å². The van der Waals surface area contributed by atoms with Gasteiger partial charge in [0.2, 0.25) is 12.7 Å². The molecular formula is C19H25NO3. The van der Waals surface area contributed by atoms with Gasteiger partial charge in [-0.2, -0.15) is 0 Å². The second-order valence-corrected chi connectivity index (χ2v) is 6.31. The molecule has 3 rings (SSSR count). The van der Waals surface area contributed by atoms with Crippen LogP contribution < -0.4 is 9.47 Å². The van der Waals surface area contributed by atoms with Gasteiger partial charge in [0.15, 0.2) is 11.5 Å². The Morgan fingerprint density at radius 3 is 2.78 bits per heavy atom. The smallest absolute Gasteiger partial charge is 0.246 e. The number of piperidine rings is 1. The molecule has 0 radical (unpaired) electrons. The maximum Gasteiger partial charge on any atom is 0.246 e. The second-order valence-electron chi connectivity index (χ2n) is 6.31. The molecule has 0 N–H and O–H groups in total. The van der Waals surface area contributed by atoms with Gasteiger partial charge in [0.1, 0.15) is 0 Å². The summed E-state index contributed by atoms with van der Waals surface area (Å²) in [5, 5.41) is 0. The average molecular weight is 315 g/mol. The fraction of sp³-hybridized carbons (Fsp3) is 0.526.